The van der Waals surface area contributed by atoms with Crippen LogP contribution in [0.1, 0.15) is 31.1 Å². The Morgan fingerprint density at radius 1 is 1.35 bits per heavy atom. The number of aryl methyl sites for hydroxylation is 1. The topological polar surface area (TPSA) is 52.8 Å². The van der Waals surface area contributed by atoms with Crippen LogP contribution >= 0.6 is 11.6 Å². The summed E-state index contributed by atoms with van der Waals surface area (Å²) >= 11 is 5.89. The van der Waals surface area contributed by atoms with E-state index >= 15 is 0 Å². The normalized spacial score (nSPS) is 11.1. The average molecular weight is 295 g/mol. The summed E-state index contributed by atoms with van der Waals surface area (Å²) in [5.74, 6) is 2.34. The van der Waals surface area contributed by atoms with E-state index in [0.717, 1.165) is 23.8 Å². The molecule has 0 N–H and O–H groups in total. The second-order valence-corrected chi connectivity index (χ2v) is 5.34. The van der Waals surface area contributed by atoms with Crippen molar-refractivity contribution in [2.45, 2.75) is 39.8 Å². The summed E-state index contributed by atoms with van der Waals surface area (Å²) < 4.78 is 7.65. The van der Waals surface area contributed by atoms with Crippen LogP contribution in [0.3, 0.4) is 0 Å². The zero-order valence-electron chi connectivity index (χ0n) is 12.0. The second kappa shape index (κ2) is 6.70. The molecular formula is C14H19ClN4O. The molecule has 0 aliphatic carbocycles. The maximum Gasteiger partial charge on any atom is 0.164 e. The van der Waals surface area contributed by atoms with Gasteiger partial charge in [-0.25, -0.2) is 9.67 Å². The van der Waals surface area contributed by atoms with Crippen molar-refractivity contribution < 1.29 is 4.74 Å². The summed E-state index contributed by atoms with van der Waals surface area (Å²) in [6.45, 7) is 7.40. The molecule has 0 spiro atoms. The first-order chi connectivity index (χ1) is 9.60. The lowest BCUT2D eigenvalue weighted by molar-refractivity contribution is 0.279. The lowest BCUT2D eigenvalue weighted by Crippen LogP contribution is -2.12. The maximum absolute atomic E-state index is 5.89. The molecule has 0 fully saturated rings. The zero-order chi connectivity index (χ0) is 14.5. The van der Waals surface area contributed by atoms with Gasteiger partial charge in [-0.2, -0.15) is 5.10 Å². The number of halogens is 1. The van der Waals surface area contributed by atoms with E-state index in [1.807, 2.05) is 23.7 Å². The maximum atomic E-state index is 5.89. The van der Waals surface area contributed by atoms with E-state index in [9.17, 15) is 0 Å². The molecule has 2 aromatic rings. The van der Waals surface area contributed by atoms with Crippen LogP contribution < -0.4 is 4.74 Å². The number of alkyl halides is 1. The third-order valence-electron chi connectivity index (χ3n) is 2.79. The molecule has 5 nitrogen and oxygen atoms in total. The number of nitrogens with zero attached hydrogens (tertiary/aromatic N) is 4. The molecule has 0 aliphatic heterocycles. The minimum atomic E-state index is 0.329. The standard InChI is InChI=1S/C14H19ClN4O/c1-10(2)7-19-14(16-9-17-19)8-20-13-5-4-11(3)18-12(13)6-15/h4-5,9-10H,6-8H2,1-3H3. The van der Waals surface area contributed by atoms with Crippen LogP contribution in [0.5, 0.6) is 5.75 Å². The molecule has 108 valence electrons. The molecule has 6 heteroatoms. The van der Waals surface area contributed by atoms with Gasteiger partial charge in [-0.05, 0) is 25.0 Å². The van der Waals surface area contributed by atoms with Gasteiger partial charge in [0, 0.05) is 12.2 Å². The number of ether oxygens (including phenoxy) is 1. The van der Waals surface area contributed by atoms with Crippen LogP contribution in [-0.4, -0.2) is 19.7 Å². The van der Waals surface area contributed by atoms with Gasteiger partial charge in [-0.1, -0.05) is 13.8 Å². The van der Waals surface area contributed by atoms with E-state index in [-0.39, 0.29) is 0 Å². The summed E-state index contributed by atoms with van der Waals surface area (Å²) in [6, 6.07) is 3.80. The Bertz CT molecular complexity index is 568. The molecule has 0 aromatic carbocycles. The minimum absolute atomic E-state index is 0.329. The predicted octanol–water partition coefficient (Wildman–Crippen LogP) is 2.96. The molecule has 0 aliphatic rings. The van der Waals surface area contributed by atoms with E-state index in [2.05, 4.69) is 28.9 Å². The monoisotopic (exact) mass is 294 g/mol. The van der Waals surface area contributed by atoms with Crippen LogP contribution in [0.15, 0.2) is 18.5 Å². The lowest BCUT2D eigenvalue weighted by Gasteiger charge is -2.11. The zero-order valence-corrected chi connectivity index (χ0v) is 12.8. The van der Waals surface area contributed by atoms with Crippen molar-refractivity contribution in [3.8, 4) is 5.75 Å². The van der Waals surface area contributed by atoms with Crippen molar-refractivity contribution in [3.63, 3.8) is 0 Å². The largest absolute Gasteiger partial charge is 0.484 e. The first-order valence-corrected chi connectivity index (χ1v) is 7.15. The van der Waals surface area contributed by atoms with Crippen LogP contribution in [0, 0.1) is 12.8 Å². The van der Waals surface area contributed by atoms with Crippen LogP contribution in [0.2, 0.25) is 0 Å². The molecule has 0 radical (unpaired) electrons. The third kappa shape index (κ3) is 3.70. The number of hydrogen-bond donors (Lipinski definition) is 0. The molecule has 0 atom stereocenters. The van der Waals surface area contributed by atoms with Gasteiger partial charge in [0.1, 0.15) is 18.7 Å². The smallest absolute Gasteiger partial charge is 0.164 e. The fraction of sp³-hybridized carbons (Fsp3) is 0.500. The quantitative estimate of drug-likeness (QED) is 0.769. The fourth-order valence-corrected chi connectivity index (χ4v) is 2.06. The number of hydrogen-bond acceptors (Lipinski definition) is 4. The van der Waals surface area contributed by atoms with Gasteiger partial charge >= 0.3 is 0 Å². The molecule has 0 amide bonds. The Balaban J connectivity index is 2.07. The number of aromatic nitrogens is 4. The highest BCUT2D eigenvalue weighted by Gasteiger charge is 2.09. The third-order valence-corrected chi connectivity index (χ3v) is 3.04. The Hall–Kier alpha value is -1.62. The Kier molecular flexibility index (Phi) is 4.95. The Morgan fingerprint density at radius 2 is 2.15 bits per heavy atom. The van der Waals surface area contributed by atoms with Crippen molar-refractivity contribution in [3.05, 3.63) is 35.7 Å². The number of pyridine rings is 1. The highest BCUT2D eigenvalue weighted by atomic mass is 35.5. The molecule has 2 heterocycles. The van der Waals surface area contributed by atoms with E-state index in [4.69, 9.17) is 16.3 Å². The van der Waals surface area contributed by atoms with Gasteiger partial charge in [0.2, 0.25) is 0 Å². The van der Waals surface area contributed by atoms with E-state index in [0.29, 0.717) is 24.2 Å². The molecule has 2 rings (SSSR count). The fourth-order valence-electron chi connectivity index (χ4n) is 1.87. The Labute approximate surface area is 124 Å². The van der Waals surface area contributed by atoms with Gasteiger partial charge in [0.25, 0.3) is 0 Å². The second-order valence-electron chi connectivity index (χ2n) is 5.07. The molecule has 0 saturated carbocycles. The molecule has 2 aromatic heterocycles. The molecule has 20 heavy (non-hydrogen) atoms. The minimum Gasteiger partial charge on any atom is -0.484 e. The first-order valence-electron chi connectivity index (χ1n) is 6.62. The summed E-state index contributed by atoms with van der Waals surface area (Å²) in [5.41, 5.74) is 1.68. The van der Waals surface area contributed by atoms with Gasteiger partial charge < -0.3 is 4.74 Å². The van der Waals surface area contributed by atoms with Crippen molar-refractivity contribution >= 4 is 11.6 Å². The summed E-state index contributed by atoms with van der Waals surface area (Å²) in [4.78, 5) is 8.59. The van der Waals surface area contributed by atoms with Gasteiger partial charge in [-0.3, -0.25) is 4.98 Å². The van der Waals surface area contributed by atoms with Crippen molar-refractivity contribution in [1.29, 1.82) is 0 Å². The highest BCUT2D eigenvalue weighted by Crippen LogP contribution is 2.19. The average Bonchev–Trinajstić information content (AvgIpc) is 2.83. The number of rotatable bonds is 6. The molecule has 0 bridgehead atoms. The van der Waals surface area contributed by atoms with E-state index in [1.165, 1.54) is 0 Å². The van der Waals surface area contributed by atoms with Crippen LogP contribution in [-0.2, 0) is 19.0 Å². The molecule has 0 saturated heterocycles. The lowest BCUT2D eigenvalue weighted by atomic mass is 10.2. The first kappa shape index (κ1) is 14.8. The molecule has 0 unspecified atom stereocenters. The van der Waals surface area contributed by atoms with Crippen LogP contribution in [0.25, 0.3) is 0 Å². The Morgan fingerprint density at radius 3 is 2.85 bits per heavy atom. The summed E-state index contributed by atoms with van der Waals surface area (Å²) in [7, 11) is 0. The van der Waals surface area contributed by atoms with Crippen molar-refractivity contribution in [2.75, 3.05) is 0 Å². The summed E-state index contributed by atoms with van der Waals surface area (Å²) in [6.07, 6.45) is 1.55. The molecular weight excluding hydrogens is 276 g/mol. The van der Waals surface area contributed by atoms with Crippen molar-refractivity contribution in [1.82, 2.24) is 19.7 Å². The van der Waals surface area contributed by atoms with Gasteiger partial charge in [0.15, 0.2) is 5.82 Å². The van der Waals surface area contributed by atoms with Gasteiger partial charge in [-0.15, -0.1) is 11.6 Å². The highest BCUT2D eigenvalue weighted by molar-refractivity contribution is 6.17. The van der Waals surface area contributed by atoms with Gasteiger partial charge in [0.05, 0.1) is 11.6 Å². The van der Waals surface area contributed by atoms with E-state index in [1.54, 1.807) is 6.33 Å². The summed E-state index contributed by atoms with van der Waals surface area (Å²) in [5, 5.41) is 4.21. The SMILES string of the molecule is Cc1ccc(OCc2ncnn2CC(C)C)c(CCl)n1. The van der Waals surface area contributed by atoms with Crippen molar-refractivity contribution in [2.24, 2.45) is 5.92 Å². The van der Waals surface area contributed by atoms with E-state index < -0.39 is 0 Å². The predicted molar refractivity (Wildman–Crippen MR) is 77.7 cm³/mol. The van der Waals surface area contributed by atoms with Crippen LogP contribution in [0.4, 0.5) is 0 Å².